The van der Waals surface area contributed by atoms with E-state index in [1.54, 1.807) is 24.3 Å². The van der Waals surface area contributed by atoms with Gasteiger partial charge in [-0.3, -0.25) is 9.59 Å². The first kappa shape index (κ1) is 18.9. The van der Waals surface area contributed by atoms with Crippen molar-refractivity contribution in [3.05, 3.63) is 59.9 Å². The molecular weight excluding hydrogens is 345 g/mol. The van der Waals surface area contributed by atoms with E-state index in [1.807, 2.05) is 12.1 Å². The smallest absolute Gasteiger partial charge is 0.224 e. The van der Waals surface area contributed by atoms with Crippen molar-refractivity contribution < 1.29 is 14.0 Å². The van der Waals surface area contributed by atoms with Crippen molar-refractivity contribution in [2.75, 3.05) is 23.3 Å². The summed E-state index contributed by atoms with van der Waals surface area (Å²) in [5, 5.41) is 5.81. The zero-order valence-corrected chi connectivity index (χ0v) is 15.4. The Morgan fingerprint density at radius 3 is 2.26 bits per heavy atom. The maximum atomic E-state index is 13.0. The standard InChI is InChI=1S/C21H24FN3O2/c1-15(26)23-18-6-2-16(3-7-18)14-21(27)24-19-10-12-25(13-11-19)20-8-4-17(22)5-9-20/h2-9,19H,10-14H2,1H3,(H,23,26)(H,24,27). The normalized spacial score (nSPS) is 14.7. The molecule has 2 aromatic rings. The minimum Gasteiger partial charge on any atom is -0.371 e. The number of hydrogen-bond donors (Lipinski definition) is 2. The van der Waals surface area contributed by atoms with Crippen molar-refractivity contribution >= 4 is 23.2 Å². The van der Waals surface area contributed by atoms with Gasteiger partial charge >= 0.3 is 0 Å². The molecule has 0 radical (unpaired) electrons. The van der Waals surface area contributed by atoms with Crippen molar-refractivity contribution in [3.63, 3.8) is 0 Å². The van der Waals surface area contributed by atoms with Gasteiger partial charge in [-0.05, 0) is 54.8 Å². The quantitative estimate of drug-likeness (QED) is 0.851. The lowest BCUT2D eigenvalue weighted by Crippen LogP contribution is -2.45. The molecule has 3 rings (SSSR count). The Morgan fingerprint density at radius 1 is 1.04 bits per heavy atom. The van der Waals surface area contributed by atoms with Crippen LogP contribution in [-0.4, -0.2) is 30.9 Å². The first-order chi connectivity index (χ1) is 13.0. The zero-order chi connectivity index (χ0) is 19.2. The lowest BCUT2D eigenvalue weighted by atomic mass is 10.0. The van der Waals surface area contributed by atoms with Crippen LogP contribution in [0.5, 0.6) is 0 Å². The number of piperidine rings is 1. The summed E-state index contributed by atoms with van der Waals surface area (Å²) in [4.78, 5) is 25.5. The third kappa shape index (κ3) is 5.54. The molecule has 0 aromatic heterocycles. The van der Waals surface area contributed by atoms with Crippen LogP contribution in [0.1, 0.15) is 25.3 Å². The van der Waals surface area contributed by atoms with Gasteiger partial charge in [-0.15, -0.1) is 0 Å². The van der Waals surface area contributed by atoms with E-state index in [0.717, 1.165) is 42.9 Å². The van der Waals surface area contributed by atoms with E-state index in [0.29, 0.717) is 6.42 Å². The molecule has 0 atom stereocenters. The maximum Gasteiger partial charge on any atom is 0.224 e. The molecular formula is C21H24FN3O2. The highest BCUT2D eigenvalue weighted by Gasteiger charge is 2.21. The van der Waals surface area contributed by atoms with Gasteiger partial charge < -0.3 is 15.5 Å². The number of halogens is 1. The van der Waals surface area contributed by atoms with Crippen LogP contribution in [0, 0.1) is 5.82 Å². The largest absolute Gasteiger partial charge is 0.371 e. The third-order valence-corrected chi connectivity index (χ3v) is 4.69. The van der Waals surface area contributed by atoms with E-state index in [9.17, 15) is 14.0 Å². The van der Waals surface area contributed by atoms with Crippen LogP contribution in [0.2, 0.25) is 0 Å². The van der Waals surface area contributed by atoms with Gasteiger partial charge in [0.25, 0.3) is 0 Å². The molecule has 0 spiro atoms. The Labute approximate surface area is 158 Å². The van der Waals surface area contributed by atoms with Crippen LogP contribution in [0.25, 0.3) is 0 Å². The van der Waals surface area contributed by atoms with Crippen molar-refractivity contribution in [1.29, 1.82) is 0 Å². The molecule has 5 nitrogen and oxygen atoms in total. The lowest BCUT2D eigenvalue weighted by Gasteiger charge is -2.34. The summed E-state index contributed by atoms with van der Waals surface area (Å²) in [6.07, 6.45) is 2.05. The van der Waals surface area contributed by atoms with Gasteiger partial charge in [-0.25, -0.2) is 4.39 Å². The molecule has 2 N–H and O–H groups in total. The molecule has 1 fully saturated rings. The van der Waals surface area contributed by atoms with E-state index in [2.05, 4.69) is 15.5 Å². The van der Waals surface area contributed by atoms with Crippen LogP contribution < -0.4 is 15.5 Å². The number of amides is 2. The minimum absolute atomic E-state index is 0.00232. The fourth-order valence-electron chi connectivity index (χ4n) is 3.31. The fourth-order valence-corrected chi connectivity index (χ4v) is 3.31. The molecule has 0 aliphatic carbocycles. The van der Waals surface area contributed by atoms with Crippen LogP contribution in [-0.2, 0) is 16.0 Å². The van der Waals surface area contributed by atoms with Crippen LogP contribution >= 0.6 is 0 Å². The van der Waals surface area contributed by atoms with Crippen molar-refractivity contribution in [3.8, 4) is 0 Å². The number of hydrogen-bond acceptors (Lipinski definition) is 3. The molecule has 6 heteroatoms. The van der Waals surface area contributed by atoms with E-state index in [1.165, 1.54) is 19.1 Å². The molecule has 0 unspecified atom stereocenters. The summed E-state index contributed by atoms with van der Waals surface area (Å²) in [5.41, 5.74) is 2.64. The number of carbonyl (C=O) groups is 2. The average Bonchev–Trinajstić information content (AvgIpc) is 2.64. The second kappa shape index (κ2) is 8.66. The van der Waals surface area contributed by atoms with Crippen molar-refractivity contribution in [1.82, 2.24) is 5.32 Å². The van der Waals surface area contributed by atoms with E-state index in [-0.39, 0.29) is 23.7 Å². The number of nitrogens with zero attached hydrogens (tertiary/aromatic N) is 1. The lowest BCUT2D eigenvalue weighted by molar-refractivity contribution is -0.121. The minimum atomic E-state index is -0.231. The topological polar surface area (TPSA) is 61.4 Å². The zero-order valence-electron chi connectivity index (χ0n) is 15.4. The summed E-state index contributed by atoms with van der Waals surface area (Å²) in [5.74, 6) is -0.346. The van der Waals surface area contributed by atoms with Crippen LogP contribution in [0.4, 0.5) is 15.8 Å². The van der Waals surface area contributed by atoms with Crippen LogP contribution in [0.15, 0.2) is 48.5 Å². The van der Waals surface area contributed by atoms with Crippen molar-refractivity contribution in [2.45, 2.75) is 32.2 Å². The molecule has 0 saturated carbocycles. The summed E-state index contributed by atoms with van der Waals surface area (Å²) < 4.78 is 13.0. The molecule has 2 aromatic carbocycles. The number of benzene rings is 2. The molecule has 1 heterocycles. The summed E-state index contributed by atoms with van der Waals surface area (Å²) in [6, 6.07) is 14.0. The number of nitrogens with one attached hydrogen (secondary N) is 2. The first-order valence-corrected chi connectivity index (χ1v) is 9.16. The number of rotatable bonds is 5. The van der Waals surface area contributed by atoms with E-state index >= 15 is 0 Å². The highest BCUT2D eigenvalue weighted by atomic mass is 19.1. The highest BCUT2D eigenvalue weighted by Crippen LogP contribution is 2.20. The predicted octanol–water partition coefficient (Wildman–Crippen LogP) is 3.11. The van der Waals surface area contributed by atoms with Crippen molar-refractivity contribution in [2.24, 2.45) is 0 Å². The Balaban J connectivity index is 1.45. The van der Waals surface area contributed by atoms with Gasteiger partial charge in [0.15, 0.2) is 0 Å². The molecule has 2 amide bonds. The van der Waals surface area contributed by atoms with Gasteiger partial charge in [0.1, 0.15) is 5.82 Å². The van der Waals surface area contributed by atoms with Gasteiger partial charge in [-0.2, -0.15) is 0 Å². The number of anilines is 2. The first-order valence-electron chi connectivity index (χ1n) is 9.16. The van der Waals surface area contributed by atoms with Gasteiger partial charge in [-0.1, -0.05) is 12.1 Å². The maximum absolute atomic E-state index is 13.0. The molecule has 27 heavy (non-hydrogen) atoms. The second-order valence-corrected chi connectivity index (χ2v) is 6.86. The molecule has 1 saturated heterocycles. The average molecular weight is 369 g/mol. The highest BCUT2D eigenvalue weighted by molar-refractivity contribution is 5.88. The fraction of sp³-hybridized carbons (Fsp3) is 0.333. The monoisotopic (exact) mass is 369 g/mol. The summed E-state index contributed by atoms with van der Waals surface area (Å²) in [6.45, 7) is 3.13. The van der Waals surface area contributed by atoms with Gasteiger partial charge in [0.05, 0.1) is 6.42 Å². The number of carbonyl (C=O) groups excluding carboxylic acids is 2. The van der Waals surface area contributed by atoms with Crippen LogP contribution in [0.3, 0.4) is 0 Å². The molecule has 0 bridgehead atoms. The predicted molar refractivity (Wildman–Crippen MR) is 104 cm³/mol. The Hall–Kier alpha value is -2.89. The SMILES string of the molecule is CC(=O)Nc1ccc(CC(=O)NC2CCN(c3ccc(F)cc3)CC2)cc1. The van der Waals surface area contributed by atoms with Gasteiger partial charge in [0.2, 0.25) is 11.8 Å². The third-order valence-electron chi connectivity index (χ3n) is 4.69. The summed E-state index contributed by atoms with van der Waals surface area (Å²) >= 11 is 0. The molecule has 1 aliphatic heterocycles. The summed E-state index contributed by atoms with van der Waals surface area (Å²) in [7, 11) is 0. The van der Waals surface area contributed by atoms with E-state index in [4.69, 9.17) is 0 Å². The Bertz CT molecular complexity index is 782. The second-order valence-electron chi connectivity index (χ2n) is 6.86. The molecule has 1 aliphatic rings. The Morgan fingerprint density at radius 2 is 1.67 bits per heavy atom. The van der Waals surface area contributed by atoms with Gasteiger partial charge in [0, 0.05) is 37.4 Å². The molecule has 142 valence electrons. The Kier molecular flexibility index (Phi) is 6.06. The van der Waals surface area contributed by atoms with E-state index < -0.39 is 0 Å².